The summed E-state index contributed by atoms with van der Waals surface area (Å²) in [6.07, 6.45) is 0. The highest BCUT2D eigenvalue weighted by Gasteiger charge is 2.13. The minimum atomic E-state index is -0.0470. The van der Waals surface area contributed by atoms with Crippen LogP contribution in [0.15, 0.2) is 18.2 Å². The van der Waals surface area contributed by atoms with Crippen LogP contribution in [-0.2, 0) is 0 Å². The number of nitrogens with two attached hydrogens (primary N) is 1. The SMILES string of the molecule is Cc1cccc(C(=O)NCC(N)C(C)C)c1I. The lowest BCUT2D eigenvalue weighted by molar-refractivity contribution is 0.0948. The van der Waals surface area contributed by atoms with Crippen molar-refractivity contribution >= 4 is 28.5 Å². The van der Waals surface area contributed by atoms with Crippen molar-refractivity contribution in [3.63, 3.8) is 0 Å². The minimum absolute atomic E-state index is 0.00132. The Kier molecular flexibility index (Phi) is 5.39. The van der Waals surface area contributed by atoms with E-state index in [1.54, 1.807) is 0 Å². The monoisotopic (exact) mass is 346 g/mol. The number of hydrogen-bond donors (Lipinski definition) is 2. The highest BCUT2D eigenvalue weighted by molar-refractivity contribution is 14.1. The molecule has 1 rings (SSSR count). The van der Waals surface area contributed by atoms with Crippen LogP contribution in [0.4, 0.5) is 0 Å². The number of amides is 1. The maximum absolute atomic E-state index is 12.0. The maximum Gasteiger partial charge on any atom is 0.252 e. The highest BCUT2D eigenvalue weighted by Crippen LogP contribution is 2.16. The van der Waals surface area contributed by atoms with E-state index in [0.29, 0.717) is 12.5 Å². The third-order valence-corrected chi connectivity index (χ3v) is 4.22. The van der Waals surface area contributed by atoms with Crippen molar-refractivity contribution in [3.05, 3.63) is 32.9 Å². The Bertz CT molecular complexity index is 404. The fourth-order valence-electron chi connectivity index (χ4n) is 1.36. The molecule has 1 amide bonds. The zero-order valence-electron chi connectivity index (χ0n) is 10.5. The highest BCUT2D eigenvalue weighted by atomic mass is 127. The molecule has 0 spiro atoms. The van der Waals surface area contributed by atoms with Gasteiger partial charge in [0.2, 0.25) is 0 Å². The summed E-state index contributed by atoms with van der Waals surface area (Å²) >= 11 is 2.20. The van der Waals surface area contributed by atoms with Crippen molar-refractivity contribution in [3.8, 4) is 0 Å². The van der Waals surface area contributed by atoms with Gasteiger partial charge in [0.1, 0.15) is 0 Å². The smallest absolute Gasteiger partial charge is 0.252 e. The van der Waals surface area contributed by atoms with E-state index in [2.05, 4.69) is 27.9 Å². The Morgan fingerprint density at radius 3 is 2.71 bits per heavy atom. The number of rotatable bonds is 4. The number of carbonyl (C=O) groups excluding carboxylic acids is 1. The zero-order chi connectivity index (χ0) is 13.0. The number of carbonyl (C=O) groups is 1. The Balaban J connectivity index is 2.68. The zero-order valence-corrected chi connectivity index (χ0v) is 12.6. The topological polar surface area (TPSA) is 55.1 Å². The molecule has 0 saturated heterocycles. The lowest BCUT2D eigenvalue weighted by atomic mass is 10.1. The Labute approximate surface area is 116 Å². The summed E-state index contributed by atoms with van der Waals surface area (Å²) < 4.78 is 1.00. The summed E-state index contributed by atoms with van der Waals surface area (Å²) in [7, 11) is 0. The van der Waals surface area contributed by atoms with Gasteiger partial charge in [0.05, 0.1) is 5.56 Å². The fourth-order valence-corrected chi connectivity index (χ4v) is 1.97. The van der Waals surface area contributed by atoms with Gasteiger partial charge in [0.15, 0.2) is 0 Å². The summed E-state index contributed by atoms with van der Waals surface area (Å²) in [5.74, 6) is 0.320. The second-order valence-electron chi connectivity index (χ2n) is 4.55. The average Bonchev–Trinajstić information content (AvgIpc) is 2.29. The van der Waals surface area contributed by atoms with Gasteiger partial charge >= 0.3 is 0 Å². The van der Waals surface area contributed by atoms with E-state index in [1.165, 1.54) is 0 Å². The van der Waals surface area contributed by atoms with Crippen molar-refractivity contribution in [1.29, 1.82) is 0 Å². The van der Waals surface area contributed by atoms with Gasteiger partial charge in [0, 0.05) is 16.2 Å². The lowest BCUT2D eigenvalue weighted by Crippen LogP contribution is -2.40. The van der Waals surface area contributed by atoms with Gasteiger partial charge in [-0.2, -0.15) is 0 Å². The molecule has 4 heteroatoms. The molecule has 1 unspecified atom stereocenters. The average molecular weight is 346 g/mol. The first-order chi connectivity index (χ1) is 7.93. The van der Waals surface area contributed by atoms with Crippen LogP contribution in [0.25, 0.3) is 0 Å². The Hall–Kier alpha value is -0.620. The molecule has 0 aliphatic rings. The molecule has 1 atom stereocenters. The Morgan fingerprint density at radius 1 is 1.47 bits per heavy atom. The standard InChI is InChI=1S/C13H19IN2O/c1-8(2)11(15)7-16-13(17)10-6-4-5-9(3)12(10)14/h4-6,8,11H,7,15H2,1-3H3,(H,16,17). The van der Waals surface area contributed by atoms with Gasteiger partial charge in [-0.05, 0) is 47.1 Å². The predicted octanol–water partition coefficient (Wildman–Crippen LogP) is 2.31. The molecule has 1 aromatic carbocycles. The molecule has 3 nitrogen and oxygen atoms in total. The van der Waals surface area contributed by atoms with E-state index in [0.717, 1.165) is 14.7 Å². The summed E-state index contributed by atoms with van der Waals surface area (Å²) in [5, 5.41) is 2.88. The van der Waals surface area contributed by atoms with Crippen LogP contribution in [0.5, 0.6) is 0 Å². The van der Waals surface area contributed by atoms with E-state index in [9.17, 15) is 4.79 Å². The van der Waals surface area contributed by atoms with Crippen LogP contribution in [0.3, 0.4) is 0 Å². The third-order valence-electron chi connectivity index (χ3n) is 2.79. The van der Waals surface area contributed by atoms with Crippen molar-refractivity contribution < 1.29 is 4.79 Å². The van der Waals surface area contributed by atoms with Crippen LogP contribution < -0.4 is 11.1 Å². The van der Waals surface area contributed by atoms with E-state index in [-0.39, 0.29) is 11.9 Å². The normalized spacial score (nSPS) is 12.6. The van der Waals surface area contributed by atoms with Crippen molar-refractivity contribution in [2.24, 2.45) is 11.7 Å². The van der Waals surface area contributed by atoms with Gasteiger partial charge in [-0.15, -0.1) is 0 Å². The molecule has 0 heterocycles. The molecular weight excluding hydrogens is 327 g/mol. The molecule has 0 radical (unpaired) electrons. The van der Waals surface area contributed by atoms with Crippen LogP contribution in [-0.4, -0.2) is 18.5 Å². The molecule has 0 aliphatic heterocycles. The predicted molar refractivity (Wildman–Crippen MR) is 79.0 cm³/mol. The summed E-state index contributed by atoms with van der Waals surface area (Å²) in [4.78, 5) is 12.0. The second-order valence-corrected chi connectivity index (χ2v) is 5.63. The first-order valence-electron chi connectivity index (χ1n) is 5.72. The number of hydrogen-bond acceptors (Lipinski definition) is 2. The summed E-state index contributed by atoms with van der Waals surface area (Å²) in [6.45, 7) is 6.61. The van der Waals surface area contributed by atoms with Gasteiger partial charge in [0.25, 0.3) is 5.91 Å². The fraction of sp³-hybridized carbons (Fsp3) is 0.462. The lowest BCUT2D eigenvalue weighted by Gasteiger charge is -2.16. The molecule has 0 aliphatic carbocycles. The number of nitrogens with one attached hydrogen (secondary N) is 1. The minimum Gasteiger partial charge on any atom is -0.350 e. The molecule has 94 valence electrons. The number of benzene rings is 1. The quantitative estimate of drug-likeness (QED) is 0.822. The maximum atomic E-state index is 12.0. The third kappa shape index (κ3) is 3.96. The van der Waals surface area contributed by atoms with Crippen molar-refractivity contribution in [1.82, 2.24) is 5.32 Å². The first kappa shape index (κ1) is 14.4. The summed E-state index contributed by atoms with van der Waals surface area (Å²) in [5.41, 5.74) is 7.73. The van der Waals surface area contributed by atoms with Crippen LogP contribution >= 0.6 is 22.6 Å². The molecule has 0 bridgehead atoms. The molecular formula is C13H19IN2O. The van der Waals surface area contributed by atoms with E-state index in [4.69, 9.17) is 5.73 Å². The Morgan fingerprint density at radius 2 is 2.12 bits per heavy atom. The number of halogens is 1. The number of aryl methyl sites for hydroxylation is 1. The van der Waals surface area contributed by atoms with Crippen molar-refractivity contribution in [2.75, 3.05) is 6.54 Å². The molecule has 3 N–H and O–H groups in total. The van der Waals surface area contributed by atoms with E-state index in [1.807, 2.05) is 39.0 Å². The summed E-state index contributed by atoms with van der Waals surface area (Å²) in [6, 6.07) is 5.74. The first-order valence-corrected chi connectivity index (χ1v) is 6.80. The molecule has 17 heavy (non-hydrogen) atoms. The van der Waals surface area contributed by atoms with Gasteiger partial charge in [-0.25, -0.2) is 0 Å². The molecule has 1 aromatic rings. The van der Waals surface area contributed by atoms with E-state index < -0.39 is 0 Å². The largest absolute Gasteiger partial charge is 0.350 e. The van der Waals surface area contributed by atoms with Crippen LogP contribution in [0.2, 0.25) is 0 Å². The van der Waals surface area contributed by atoms with E-state index >= 15 is 0 Å². The van der Waals surface area contributed by atoms with Crippen molar-refractivity contribution in [2.45, 2.75) is 26.8 Å². The van der Waals surface area contributed by atoms with Crippen LogP contribution in [0.1, 0.15) is 29.8 Å². The molecule has 0 fully saturated rings. The van der Waals surface area contributed by atoms with Gasteiger partial charge < -0.3 is 11.1 Å². The van der Waals surface area contributed by atoms with Gasteiger partial charge in [-0.3, -0.25) is 4.79 Å². The van der Waals surface area contributed by atoms with Gasteiger partial charge in [-0.1, -0.05) is 26.0 Å². The second kappa shape index (κ2) is 6.35. The van der Waals surface area contributed by atoms with Crippen LogP contribution in [0, 0.1) is 16.4 Å². The molecule has 0 saturated carbocycles. The molecule has 0 aromatic heterocycles.